The van der Waals surface area contributed by atoms with Gasteiger partial charge in [0.1, 0.15) is 5.75 Å². The second-order valence-electron chi connectivity index (χ2n) is 5.09. The van der Waals surface area contributed by atoms with E-state index in [-0.39, 0.29) is 5.91 Å². The molecular formula is C18H21NO2. The molecule has 0 aliphatic heterocycles. The number of carbonyl (C=O) groups is 1. The van der Waals surface area contributed by atoms with Gasteiger partial charge in [0.2, 0.25) is 0 Å². The molecule has 3 heteroatoms. The Bertz CT molecular complexity index is 605. The van der Waals surface area contributed by atoms with E-state index in [1.165, 1.54) is 5.56 Å². The molecule has 0 unspecified atom stereocenters. The molecule has 2 aromatic rings. The minimum absolute atomic E-state index is 0.163. The van der Waals surface area contributed by atoms with Gasteiger partial charge >= 0.3 is 0 Å². The van der Waals surface area contributed by atoms with Crippen molar-refractivity contribution in [3.8, 4) is 5.75 Å². The number of nitrogens with one attached hydrogen (secondary N) is 1. The Balaban J connectivity index is 2.12. The minimum Gasteiger partial charge on any atom is -0.496 e. The van der Waals surface area contributed by atoms with Crippen molar-refractivity contribution in [2.24, 2.45) is 0 Å². The summed E-state index contributed by atoms with van der Waals surface area (Å²) < 4.78 is 5.21. The highest BCUT2D eigenvalue weighted by Gasteiger charge is 2.11. The zero-order chi connectivity index (χ0) is 15.2. The molecule has 0 heterocycles. The van der Waals surface area contributed by atoms with Gasteiger partial charge in [-0.1, -0.05) is 38.1 Å². The lowest BCUT2D eigenvalue weighted by Crippen LogP contribution is -2.13. The summed E-state index contributed by atoms with van der Waals surface area (Å²) in [7, 11) is 1.56. The summed E-state index contributed by atoms with van der Waals surface area (Å²) in [5.74, 6) is 0.943. The first-order chi connectivity index (χ1) is 10.2. The number of anilines is 1. The highest BCUT2D eigenvalue weighted by atomic mass is 16.5. The molecule has 0 radical (unpaired) electrons. The van der Waals surface area contributed by atoms with Crippen molar-refractivity contribution < 1.29 is 9.53 Å². The molecule has 0 aromatic heterocycles. The average Bonchev–Trinajstić information content (AvgIpc) is 2.54. The third-order valence-corrected chi connectivity index (χ3v) is 3.70. The van der Waals surface area contributed by atoms with Crippen LogP contribution in [0.3, 0.4) is 0 Å². The van der Waals surface area contributed by atoms with Crippen molar-refractivity contribution in [3.63, 3.8) is 0 Å². The molecule has 0 aliphatic carbocycles. The van der Waals surface area contributed by atoms with Crippen molar-refractivity contribution in [1.82, 2.24) is 0 Å². The van der Waals surface area contributed by atoms with Crippen LogP contribution in [0.15, 0.2) is 48.5 Å². The monoisotopic (exact) mass is 283 g/mol. The average molecular weight is 283 g/mol. The maximum absolute atomic E-state index is 12.3. The number of carbonyl (C=O) groups excluding carboxylic acids is 1. The van der Waals surface area contributed by atoms with Crippen LogP contribution in [0.2, 0.25) is 0 Å². The number of amides is 1. The fraction of sp³-hybridized carbons (Fsp3) is 0.278. The van der Waals surface area contributed by atoms with Gasteiger partial charge in [-0.25, -0.2) is 0 Å². The maximum atomic E-state index is 12.3. The molecule has 1 atom stereocenters. The van der Waals surface area contributed by atoms with Gasteiger partial charge in [0.15, 0.2) is 0 Å². The van der Waals surface area contributed by atoms with Crippen molar-refractivity contribution >= 4 is 11.6 Å². The summed E-state index contributed by atoms with van der Waals surface area (Å²) >= 11 is 0. The van der Waals surface area contributed by atoms with E-state index in [9.17, 15) is 4.79 Å². The van der Waals surface area contributed by atoms with E-state index in [0.29, 0.717) is 17.2 Å². The SMILES string of the molecule is CC[C@@H](C)c1ccc(NC(=O)c2ccccc2OC)cc1. The van der Waals surface area contributed by atoms with Crippen LogP contribution in [0, 0.1) is 0 Å². The lowest BCUT2D eigenvalue weighted by Gasteiger charge is -2.11. The van der Waals surface area contributed by atoms with E-state index >= 15 is 0 Å². The standard InChI is InChI=1S/C18H21NO2/c1-4-13(2)14-9-11-15(12-10-14)19-18(20)16-7-5-6-8-17(16)21-3/h5-13H,4H2,1-3H3,(H,19,20)/t13-/m1/s1. The fourth-order valence-corrected chi connectivity index (χ4v) is 2.16. The quantitative estimate of drug-likeness (QED) is 0.879. The lowest BCUT2D eigenvalue weighted by molar-refractivity contribution is 0.102. The highest BCUT2D eigenvalue weighted by molar-refractivity contribution is 6.06. The van der Waals surface area contributed by atoms with Gasteiger partial charge < -0.3 is 10.1 Å². The molecule has 1 amide bonds. The molecule has 0 saturated carbocycles. The Morgan fingerprint density at radius 1 is 1.14 bits per heavy atom. The van der Waals surface area contributed by atoms with Gasteiger partial charge in [-0.15, -0.1) is 0 Å². The topological polar surface area (TPSA) is 38.3 Å². The van der Waals surface area contributed by atoms with E-state index in [2.05, 4.69) is 31.3 Å². The first kappa shape index (κ1) is 15.1. The van der Waals surface area contributed by atoms with Crippen LogP contribution in [-0.2, 0) is 0 Å². The van der Waals surface area contributed by atoms with Crippen molar-refractivity contribution in [2.75, 3.05) is 12.4 Å². The number of para-hydroxylation sites is 1. The summed E-state index contributed by atoms with van der Waals surface area (Å²) in [5, 5.41) is 2.90. The van der Waals surface area contributed by atoms with E-state index < -0.39 is 0 Å². The predicted molar refractivity (Wildman–Crippen MR) is 86.1 cm³/mol. The number of hydrogen-bond donors (Lipinski definition) is 1. The zero-order valence-electron chi connectivity index (χ0n) is 12.7. The zero-order valence-corrected chi connectivity index (χ0v) is 12.7. The number of rotatable bonds is 5. The summed E-state index contributed by atoms with van der Waals surface area (Å²) in [6.45, 7) is 4.37. The Kier molecular flexibility index (Phi) is 4.99. The van der Waals surface area contributed by atoms with Gasteiger partial charge in [0.05, 0.1) is 12.7 Å². The molecule has 0 aliphatic rings. The van der Waals surface area contributed by atoms with Gasteiger partial charge in [-0.05, 0) is 42.2 Å². The van der Waals surface area contributed by atoms with Crippen molar-refractivity contribution in [3.05, 3.63) is 59.7 Å². The van der Waals surface area contributed by atoms with E-state index in [4.69, 9.17) is 4.74 Å². The van der Waals surface area contributed by atoms with Crippen LogP contribution in [0.1, 0.15) is 42.1 Å². The Morgan fingerprint density at radius 2 is 1.81 bits per heavy atom. The molecule has 2 aromatic carbocycles. The summed E-state index contributed by atoms with van der Waals surface area (Å²) in [6.07, 6.45) is 1.10. The fourth-order valence-electron chi connectivity index (χ4n) is 2.16. The van der Waals surface area contributed by atoms with E-state index in [1.54, 1.807) is 19.2 Å². The van der Waals surface area contributed by atoms with E-state index in [1.807, 2.05) is 24.3 Å². The minimum atomic E-state index is -0.163. The molecule has 21 heavy (non-hydrogen) atoms. The normalized spacial score (nSPS) is 11.8. The number of benzene rings is 2. The Morgan fingerprint density at radius 3 is 2.43 bits per heavy atom. The largest absolute Gasteiger partial charge is 0.496 e. The molecule has 0 saturated heterocycles. The molecule has 1 N–H and O–H groups in total. The van der Waals surface area contributed by atoms with Crippen LogP contribution in [0.5, 0.6) is 5.75 Å². The first-order valence-corrected chi connectivity index (χ1v) is 7.20. The summed E-state index contributed by atoms with van der Waals surface area (Å²) in [5.41, 5.74) is 2.61. The van der Waals surface area contributed by atoms with Crippen molar-refractivity contribution in [1.29, 1.82) is 0 Å². The van der Waals surface area contributed by atoms with Crippen LogP contribution in [-0.4, -0.2) is 13.0 Å². The summed E-state index contributed by atoms with van der Waals surface area (Å²) in [4.78, 5) is 12.3. The van der Waals surface area contributed by atoms with Crippen LogP contribution in [0.25, 0.3) is 0 Å². The molecule has 110 valence electrons. The smallest absolute Gasteiger partial charge is 0.259 e. The second-order valence-corrected chi connectivity index (χ2v) is 5.09. The Hall–Kier alpha value is -2.29. The molecular weight excluding hydrogens is 262 g/mol. The molecule has 0 fully saturated rings. The molecule has 0 spiro atoms. The predicted octanol–water partition coefficient (Wildman–Crippen LogP) is 4.46. The van der Waals surface area contributed by atoms with E-state index in [0.717, 1.165) is 12.1 Å². The summed E-state index contributed by atoms with van der Waals surface area (Å²) in [6, 6.07) is 15.2. The third-order valence-electron chi connectivity index (χ3n) is 3.70. The number of methoxy groups -OCH3 is 1. The van der Waals surface area contributed by atoms with Gasteiger partial charge in [0, 0.05) is 5.69 Å². The number of ether oxygens (including phenoxy) is 1. The van der Waals surface area contributed by atoms with Crippen molar-refractivity contribution in [2.45, 2.75) is 26.2 Å². The molecule has 3 nitrogen and oxygen atoms in total. The maximum Gasteiger partial charge on any atom is 0.259 e. The molecule has 2 rings (SSSR count). The lowest BCUT2D eigenvalue weighted by atomic mass is 9.98. The van der Waals surface area contributed by atoms with Crippen LogP contribution < -0.4 is 10.1 Å². The molecule has 0 bridgehead atoms. The highest BCUT2D eigenvalue weighted by Crippen LogP contribution is 2.22. The van der Waals surface area contributed by atoms with Crippen LogP contribution >= 0.6 is 0 Å². The first-order valence-electron chi connectivity index (χ1n) is 7.20. The van der Waals surface area contributed by atoms with Gasteiger partial charge in [0.25, 0.3) is 5.91 Å². The Labute approximate surface area is 126 Å². The van der Waals surface area contributed by atoms with Crippen LogP contribution in [0.4, 0.5) is 5.69 Å². The van der Waals surface area contributed by atoms with Gasteiger partial charge in [-0.2, -0.15) is 0 Å². The number of hydrogen-bond acceptors (Lipinski definition) is 2. The third kappa shape index (κ3) is 3.63. The van der Waals surface area contributed by atoms with Gasteiger partial charge in [-0.3, -0.25) is 4.79 Å². The second kappa shape index (κ2) is 6.93.